The highest BCUT2D eigenvalue weighted by atomic mass is 15.5. The lowest BCUT2D eigenvalue weighted by molar-refractivity contribution is 0.766. The monoisotopic (exact) mass is 681 g/mol. The van der Waals surface area contributed by atoms with Crippen molar-refractivity contribution in [3.63, 3.8) is 0 Å². The van der Waals surface area contributed by atoms with Crippen molar-refractivity contribution in [3.8, 4) is 27.9 Å². The fourth-order valence-corrected chi connectivity index (χ4v) is 6.81. The van der Waals surface area contributed by atoms with Gasteiger partial charge in [-0.1, -0.05) is 121 Å². The molecule has 1 aromatic heterocycles. The summed E-state index contributed by atoms with van der Waals surface area (Å²) in [6.07, 6.45) is 0. The molecular formula is C48H35N5. The zero-order valence-electron chi connectivity index (χ0n) is 28.9. The predicted octanol–water partition coefficient (Wildman–Crippen LogP) is 12.7. The highest BCUT2D eigenvalue weighted by molar-refractivity contribution is 5.85. The van der Waals surface area contributed by atoms with Crippen LogP contribution in [0.15, 0.2) is 212 Å². The van der Waals surface area contributed by atoms with Crippen molar-refractivity contribution in [3.05, 3.63) is 212 Å². The zero-order valence-corrected chi connectivity index (χ0v) is 28.9. The van der Waals surface area contributed by atoms with Crippen molar-refractivity contribution in [2.45, 2.75) is 0 Å². The van der Waals surface area contributed by atoms with Crippen LogP contribution in [-0.2, 0) is 0 Å². The summed E-state index contributed by atoms with van der Waals surface area (Å²) in [6, 6.07) is 73.9. The molecule has 0 atom stereocenters. The molecule has 5 heteroatoms. The van der Waals surface area contributed by atoms with Gasteiger partial charge in [-0.2, -0.15) is 4.80 Å². The van der Waals surface area contributed by atoms with E-state index in [0.29, 0.717) is 0 Å². The third-order valence-corrected chi connectivity index (χ3v) is 9.45. The van der Waals surface area contributed by atoms with Crippen molar-refractivity contribution < 1.29 is 0 Å². The molecule has 5 nitrogen and oxygen atoms in total. The van der Waals surface area contributed by atoms with Crippen LogP contribution in [-0.4, -0.2) is 15.0 Å². The Kier molecular flexibility index (Phi) is 8.48. The molecule has 252 valence electrons. The molecule has 0 fully saturated rings. The van der Waals surface area contributed by atoms with E-state index in [-0.39, 0.29) is 0 Å². The number of hydrogen-bond acceptors (Lipinski definition) is 4. The number of hydrogen-bond donors (Lipinski definition) is 0. The molecule has 8 aromatic carbocycles. The molecule has 9 aromatic rings. The Labute approximate surface area is 309 Å². The number of aromatic nitrogens is 3. The molecule has 0 aliphatic carbocycles. The second-order valence-corrected chi connectivity index (χ2v) is 12.8. The van der Waals surface area contributed by atoms with Gasteiger partial charge in [-0.05, 0) is 113 Å². The first kappa shape index (κ1) is 31.7. The maximum absolute atomic E-state index is 4.96. The largest absolute Gasteiger partial charge is 0.311 e. The second kappa shape index (κ2) is 14.2. The molecule has 0 aliphatic heterocycles. The number of rotatable bonds is 9. The zero-order chi connectivity index (χ0) is 35.4. The quantitative estimate of drug-likeness (QED) is 0.152. The lowest BCUT2D eigenvalue weighted by Crippen LogP contribution is -2.10. The number of anilines is 6. The maximum Gasteiger partial charge on any atom is 0.115 e. The van der Waals surface area contributed by atoms with Crippen molar-refractivity contribution in [2.75, 3.05) is 9.80 Å². The lowest BCUT2D eigenvalue weighted by Gasteiger charge is -2.25. The molecule has 0 aliphatic rings. The molecule has 0 amide bonds. The van der Waals surface area contributed by atoms with Gasteiger partial charge in [-0.3, -0.25) is 0 Å². The summed E-state index contributed by atoms with van der Waals surface area (Å²) in [5.41, 5.74) is 13.6. The summed E-state index contributed by atoms with van der Waals surface area (Å²) in [4.78, 5) is 6.25. The molecule has 1 heterocycles. The van der Waals surface area contributed by atoms with Crippen LogP contribution in [0.1, 0.15) is 0 Å². The topological polar surface area (TPSA) is 37.2 Å². The average Bonchev–Trinajstić information content (AvgIpc) is 3.67. The summed E-state index contributed by atoms with van der Waals surface area (Å²) in [6.45, 7) is 0. The summed E-state index contributed by atoms with van der Waals surface area (Å²) < 4.78 is 0. The Balaban J connectivity index is 1.02. The summed E-state index contributed by atoms with van der Waals surface area (Å²) in [7, 11) is 0. The van der Waals surface area contributed by atoms with Gasteiger partial charge in [0.2, 0.25) is 0 Å². The van der Waals surface area contributed by atoms with Gasteiger partial charge in [0.05, 0.1) is 5.69 Å². The smallest absolute Gasteiger partial charge is 0.115 e. The normalized spacial score (nSPS) is 11.0. The molecule has 0 radical (unpaired) electrons. The second-order valence-electron chi connectivity index (χ2n) is 12.8. The first-order valence-electron chi connectivity index (χ1n) is 17.8. The molecule has 0 N–H and O–H groups in total. The van der Waals surface area contributed by atoms with Crippen molar-refractivity contribution in [1.29, 1.82) is 0 Å². The molecule has 0 saturated carbocycles. The van der Waals surface area contributed by atoms with Crippen LogP contribution < -0.4 is 9.80 Å². The average molecular weight is 682 g/mol. The van der Waals surface area contributed by atoms with Crippen molar-refractivity contribution in [2.24, 2.45) is 0 Å². The summed E-state index contributed by atoms with van der Waals surface area (Å²) in [5.74, 6) is 0. The Bertz CT molecular complexity index is 2570. The Morgan fingerprint density at radius 2 is 0.623 bits per heavy atom. The third kappa shape index (κ3) is 6.55. The minimum Gasteiger partial charge on any atom is -0.311 e. The first-order chi connectivity index (χ1) is 26.3. The molecule has 53 heavy (non-hydrogen) atoms. The van der Waals surface area contributed by atoms with Crippen molar-refractivity contribution >= 4 is 45.2 Å². The van der Waals surface area contributed by atoms with Crippen LogP contribution >= 0.6 is 0 Å². The first-order valence-corrected chi connectivity index (χ1v) is 17.8. The van der Waals surface area contributed by atoms with E-state index in [1.807, 2.05) is 30.3 Å². The predicted molar refractivity (Wildman–Crippen MR) is 219 cm³/mol. The number of nitrogens with zero attached hydrogens (tertiary/aromatic N) is 5. The van der Waals surface area contributed by atoms with Gasteiger partial charge in [0.1, 0.15) is 11.0 Å². The number of benzene rings is 8. The third-order valence-electron chi connectivity index (χ3n) is 9.45. The fourth-order valence-electron chi connectivity index (χ4n) is 6.81. The molecule has 0 unspecified atom stereocenters. The van der Waals surface area contributed by atoms with Crippen LogP contribution in [0.5, 0.6) is 0 Å². The highest BCUT2D eigenvalue weighted by Crippen LogP contribution is 2.38. The molecule has 0 saturated heterocycles. The van der Waals surface area contributed by atoms with E-state index < -0.39 is 0 Å². The molecule has 0 spiro atoms. The van der Waals surface area contributed by atoms with Crippen LogP contribution in [0.2, 0.25) is 0 Å². The fraction of sp³-hybridized carbons (Fsp3) is 0. The minimum atomic E-state index is 0.817. The van der Waals surface area contributed by atoms with Gasteiger partial charge in [0.15, 0.2) is 0 Å². The Morgan fingerprint density at radius 3 is 1.09 bits per heavy atom. The van der Waals surface area contributed by atoms with E-state index >= 15 is 0 Å². The van der Waals surface area contributed by atoms with Gasteiger partial charge < -0.3 is 9.80 Å². The van der Waals surface area contributed by atoms with Gasteiger partial charge in [-0.25, -0.2) is 0 Å². The van der Waals surface area contributed by atoms with Crippen LogP contribution in [0.4, 0.5) is 34.1 Å². The van der Waals surface area contributed by atoms with E-state index in [1.54, 1.807) is 4.80 Å². The van der Waals surface area contributed by atoms with Gasteiger partial charge in [0, 0.05) is 34.1 Å². The van der Waals surface area contributed by atoms with Crippen LogP contribution in [0, 0.1) is 0 Å². The maximum atomic E-state index is 4.96. The van der Waals surface area contributed by atoms with Crippen LogP contribution in [0.3, 0.4) is 0 Å². The summed E-state index contributed by atoms with van der Waals surface area (Å²) in [5, 5.41) is 9.84. The van der Waals surface area contributed by atoms with E-state index in [9.17, 15) is 0 Å². The number of para-hydroxylation sites is 2. The minimum absolute atomic E-state index is 0.817. The van der Waals surface area contributed by atoms with E-state index in [1.165, 1.54) is 22.3 Å². The van der Waals surface area contributed by atoms with E-state index in [2.05, 4.69) is 192 Å². The Morgan fingerprint density at radius 1 is 0.283 bits per heavy atom. The van der Waals surface area contributed by atoms with Gasteiger partial charge >= 0.3 is 0 Å². The molecule has 0 bridgehead atoms. The van der Waals surface area contributed by atoms with Crippen molar-refractivity contribution in [1.82, 2.24) is 15.0 Å². The Hall–Kier alpha value is -7.24. The standard InChI is InChI=1S/C48H35N5/c1-5-13-36(14-6-1)38-21-25-42(26-22-38)51(40-17-9-3-10-18-40)44-29-31-45(32-30-44)53-49-47-34-33-46(35-48(47)50-53)52(41-19-11-4-12-20-41)43-27-23-39(24-28-43)37-15-7-2-8-16-37/h1-35H. The SMILES string of the molecule is c1ccc(-c2ccc(N(c3ccccc3)c3ccc(-n4nc5ccc(N(c6ccccc6)c6ccc(-c7ccccc7)cc6)cc5n4)cc3)cc2)cc1. The van der Waals surface area contributed by atoms with Crippen LogP contribution in [0.25, 0.3) is 39.0 Å². The van der Waals surface area contributed by atoms with E-state index in [0.717, 1.165) is 50.8 Å². The summed E-state index contributed by atoms with van der Waals surface area (Å²) >= 11 is 0. The lowest BCUT2D eigenvalue weighted by atomic mass is 10.0. The van der Waals surface area contributed by atoms with Gasteiger partial charge in [0.25, 0.3) is 0 Å². The highest BCUT2D eigenvalue weighted by Gasteiger charge is 2.16. The number of fused-ring (bicyclic) bond motifs is 1. The van der Waals surface area contributed by atoms with E-state index in [4.69, 9.17) is 10.2 Å². The van der Waals surface area contributed by atoms with Gasteiger partial charge in [-0.15, -0.1) is 10.2 Å². The molecule has 9 rings (SSSR count). The molecular weight excluding hydrogens is 647 g/mol.